The van der Waals surface area contributed by atoms with Crippen molar-refractivity contribution in [1.82, 2.24) is 10.2 Å². The second-order valence-electron chi connectivity index (χ2n) is 4.02. The van der Waals surface area contributed by atoms with E-state index in [2.05, 4.69) is 15.5 Å². The fourth-order valence-corrected chi connectivity index (χ4v) is 2.52. The summed E-state index contributed by atoms with van der Waals surface area (Å²) in [6.45, 7) is 2.03. The minimum atomic E-state index is -4.39. The normalized spacial score (nSPS) is 19.2. The van der Waals surface area contributed by atoms with Gasteiger partial charge in [0, 0.05) is 5.54 Å². The van der Waals surface area contributed by atoms with Crippen LogP contribution in [-0.2, 0) is 6.18 Å². The molecule has 0 atom stereocenters. The smallest absolute Gasteiger partial charge is 0.355 e. The molecule has 1 aliphatic rings. The van der Waals surface area contributed by atoms with Gasteiger partial charge in [-0.1, -0.05) is 18.3 Å². The SMILES string of the molecule is CCC1(Nc2nnc(C(F)(F)F)s2)CCC1. The maximum absolute atomic E-state index is 12.3. The first-order valence-corrected chi connectivity index (χ1v) is 5.96. The molecule has 1 N–H and O–H groups in total. The van der Waals surface area contributed by atoms with E-state index in [4.69, 9.17) is 0 Å². The highest BCUT2D eigenvalue weighted by molar-refractivity contribution is 7.15. The fraction of sp³-hybridized carbons (Fsp3) is 0.778. The molecule has 1 aliphatic carbocycles. The van der Waals surface area contributed by atoms with E-state index in [0.29, 0.717) is 11.3 Å². The lowest BCUT2D eigenvalue weighted by Crippen LogP contribution is -2.44. The van der Waals surface area contributed by atoms with Crippen LogP contribution in [0.4, 0.5) is 18.3 Å². The summed E-state index contributed by atoms with van der Waals surface area (Å²) in [6, 6.07) is 0. The van der Waals surface area contributed by atoms with Crippen LogP contribution < -0.4 is 5.32 Å². The zero-order chi connectivity index (χ0) is 11.8. The number of rotatable bonds is 3. The van der Waals surface area contributed by atoms with E-state index in [1.54, 1.807) is 0 Å². The minimum Gasteiger partial charge on any atom is -0.355 e. The van der Waals surface area contributed by atoms with Crippen LogP contribution in [0.15, 0.2) is 0 Å². The molecular weight excluding hydrogens is 239 g/mol. The second kappa shape index (κ2) is 3.87. The van der Waals surface area contributed by atoms with Crippen molar-refractivity contribution in [3.63, 3.8) is 0 Å². The zero-order valence-electron chi connectivity index (χ0n) is 8.76. The molecule has 90 valence electrons. The molecule has 1 aromatic heterocycles. The van der Waals surface area contributed by atoms with E-state index in [-0.39, 0.29) is 10.7 Å². The highest BCUT2D eigenvalue weighted by atomic mass is 32.1. The van der Waals surface area contributed by atoms with Crippen LogP contribution in [0.5, 0.6) is 0 Å². The molecule has 0 aliphatic heterocycles. The standard InChI is InChI=1S/C9H12F3N3S/c1-2-8(4-3-5-8)13-7-15-14-6(16-7)9(10,11)12/h2-5H2,1H3,(H,13,15). The average molecular weight is 251 g/mol. The third-order valence-corrected chi connectivity index (χ3v) is 3.91. The van der Waals surface area contributed by atoms with Crippen LogP contribution in [0.2, 0.25) is 0 Å². The summed E-state index contributed by atoms with van der Waals surface area (Å²) >= 11 is 0.573. The molecule has 1 saturated carbocycles. The van der Waals surface area contributed by atoms with Gasteiger partial charge in [0.25, 0.3) is 0 Å². The number of anilines is 1. The molecule has 1 fully saturated rings. The molecule has 0 spiro atoms. The number of nitrogens with one attached hydrogen (secondary N) is 1. The number of nitrogens with zero attached hydrogens (tertiary/aromatic N) is 2. The zero-order valence-corrected chi connectivity index (χ0v) is 9.58. The van der Waals surface area contributed by atoms with Gasteiger partial charge in [-0.2, -0.15) is 13.2 Å². The predicted molar refractivity (Wildman–Crippen MR) is 55.4 cm³/mol. The Hall–Kier alpha value is -0.850. The van der Waals surface area contributed by atoms with Crippen molar-refractivity contribution < 1.29 is 13.2 Å². The average Bonchev–Trinajstić information content (AvgIpc) is 2.58. The summed E-state index contributed by atoms with van der Waals surface area (Å²) in [7, 11) is 0. The molecular formula is C9H12F3N3S. The van der Waals surface area contributed by atoms with Crippen LogP contribution >= 0.6 is 11.3 Å². The molecule has 1 heterocycles. The summed E-state index contributed by atoms with van der Waals surface area (Å²) < 4.78 is 36.9. The molecule has 16 heavy (non-hydrogen) atoms. The molecule has 3 nitrogen and oxygen atoms in total. The third-order valence-electron chi connectivity index (χ3n) is 3.03. The topological polar surface area (TPSA) is 37.8 Å². The largest absolute Gasteiger partial charge is 0.445 e. The van der Waals surface area contributed by atoms with Crippen molar-refractivity contribution in [2.24, 2.45) is 0 Å². The predicted octanol–water partition coefficient (Wildman–Crippen LogP) is 3.30. The van der Waals surface area contributed by atoms with Crippen molar-refractivity contribution >= 4 is 16.5 Å². The van der Waals surface area contributed by atoms with E-state index >= 15 is 0 Å². The van der Waals surface area contributed by atoms with Gasteiger partial charge in [-0.25, -0.2) is 0 Å². The van der Waals surface area contributed by atoms with Gasteiger partial charge in [-0.3, -0.25) is 0 Å². The van der Waals surface area contributed by atoms with E-state index in [1.165, 1.54) is 0 Å². The van der Waals surface area contributed by atoms with Gasteiger partial charge >= 0.3 is 6.18 Å². The van der Waals surface area contributed by atoms with Crippen molar-refractivity contribution in [2.45, 2.75) is 44.3 Å². The summed E-state index contributed by atoms with van der Waals surface area (Å²) in [6.07, 6.45) is -0.398. The number of aromatic nitrogens is 2. The quantitative estimate of drug-likeness (QED) is 0.895. The molecule has 0 bridgehead atoms. The monoisotopic (exact) mass is 251 g/mol. The lowest BCUT2D eigenvalue weighted by molar-refractivity contribution is -0.138. The van der Waals surface area contributed by atoms with E-state index in [1.807, 2.05) is 6.92 Å². The van der Waals surface area contributed by atoms with Crippen molar-refractivity contribution in [3.8, 4) is 0 Å². The van der Waals surface area contributed by atoms with Gasteiger partial charge in [0.05, 0.1) is 0 Å². The van der Waals surface area contributed by atoms with Crippen LogP contribution in [-0.4, -0.2) is 15.7 Å². The van der Waals surface area contributed by atoms with Crippen LogP contribution in [0, 0.1) is 0 Å². The fourth-order valence-electron chi connectivity index (χ4n) is 1.79. The number of halogens is 3. The molecule has 0 radical (unpaired) electrons. The van der Waals surface area contributed by atoms with Crippen molar-refractivity contribution in [2.75, 3.05) is 5.32 Å². The number of hydrogen-bond donors (Lipinski definition) is 1. The van der Waals surface area contributed by atoms with Crippen LogP contribution in [0.1, 0.15) is 37.6 Å². The molecule has 0 saturated heterocycles. The van der Waals surface area contributed by atoms with Crippen LogP contribution in [0.25, 0.3) is 0 Å². The first-order chi connectivity index (χ1) is 7.45. The molecule has 0 unspecified atom stereocenters. The summed E-state index contributed by atoms with van der Waals surface area (Å²) in [4.78, 5) is 0. The Morgan fingerprint density at radius 3 is 2.44 bits per heavy atom. The number of hydrogen-bond acceptors (Lipinski definition) is 4. The molecule has 2 rings (SSSR count). The van der Waals surface area contributed by atoms with Gasteiger partial charge in [0.15, 0.2) is 0 Å². The summed E-state index contributed by atoms with van der Waals surface area (Å²) in [5.41, 5.74) is -0.0532. The van der Waals surface area contributed by atoms with Gasteiger partial charge in [-0.05, 0) is 25.7 Å². The first-order valence-electron chi connectivity index (χ1n) is 5.14. The Labute approximate surface area is 95.1 Å². The summed E-state index contributed by atoms with van der Waals surface area (Å²) in [5.74, 6) is 0. The minimum absolute atomic E-state index is 0.0532. The molecule has 7 heteroatoms. The highest BCUT2D eigenvalue weighted by Crippen LogP contribution is 2.40. The maximum Gasteiger partial charge on any atom is 0.445 e. The Bertz CT molecular complexity index is 365. The van der Waals surface area contributed by atoms with Gasteiger partial charge < -0.3 is 5.32 Å². The second-order valence-corrected chi connectivity index (χ2v) is 5.00. The van der Waals surface area contributed by atoms with Crippen molar-refractivity contribution in [1.29, 1.82) is 0 Å². The Morgan fingerprint density at radius 2 is 2.06 bits per heavy atom. The molecule has 1 aromatic rings. The van der Waals surface area contributed by atoms with E-state index in [0.717, 1.165) is 25.7 Å². The third kappa shape index (κ3) is 2.14. The molecule has 0 amide bonds. The van der Waals surface area contributed by atoms with Crippen molar-refractivity contribution in [3.05, 3.63) is 5.01 Å². The Morgan fingerprint density at radius 1 is 1.38 bits per heavy atom. The maximum atomic E-state index is 12.3. The van der Waals surface area contributed by atoms with Gasteiger partial charge in [0.1, 0.15) is 0 Å². The lowest BCUT2D eigenvalue weighted by Gasteiger charge is -2.41. The Kier molecular flexibility index (Phi) is 2.81. The van der Waals surface area contributed by atoms with E-state index < -0.39 is 11.2 Å². The van der Waals surface area contributed by atoms with Crippen LogP contribution in [0.3, 0.4) is 0 Å². The lowest BCUT2D eigenvalue weighted by atomic mass is 9.75. The van der Waals surface area contributed by atoms with Gasteiger partial charge in [-0.15, -0.1) is 10.2 Å². The van der Waals surface area contributed by atoms with Gasteiger partial charge in [0.2, 0.25) is 10.1 Å². The number of alkyl halides is 3. The molecule has 0 aromatic carbocycles. The first kappa shape index (κ1) is 11.6. The highest BCUT2D eigenvalue weighted by Gasteiger charge is 2.38. The Balaban J connectivity index is 2.08. The van der Waals surface area contributed by atoms with E-state index in [9.17, 15) is 13.2 Å². The summed E-state index contributed by atoms with van der Waals surface area (Å²) in [5, 5.41) is 9.14.